The molecule has 1 amide bonds. The lowest BCUT2D eigenvalue weighted by Crippen LogP contribution is -2.35. The summed E-state index contributed by atoms with van der Waals surface area (Å²) in [6.45, 7) is 4.65. The van der Waals surface area contributed by atoms with E-state index in [0.29, 0.717) is 19.6 Å². The Bertz CT molecular complexity index is 1060. The number of hydrogen-bond acceptors (Lipinski definition) is 4. The van der Waals surface area contributed by atoms with E-state index in [4.69, 9.17) is 11.6 Å². The summed E-state index contributed by atoms with van der Waals surface area (Å²) < 4.78 is 27.4. The zero-order valence-corrected chi connectivity index (χ0v) is 20.5. The second kappa shape index (κ2) is 11.0. The van der Waals surface area contributed by atoms with E-state index in [1.807, 2.05) is 12.1 Å². The average Bonchev–Trinajstić information content (AvgIpc) is 2.85. The van der Waals surface area contributed by atoms with Crippen LogP contribution in [0.2, 0.25) is 5.02 Å². The first-order valence-electron chi connectivity index (χ1n) is 11.8. The minimum absolute atomic E-state index is 0.112. The number of amides is 1. The highest BCUT2D eigenvalue weighted by molar-refractivity contribution is 7.89. The largest absolute Gasteiger partial charge is 0.348 e. The van der Waals surface area contributed by atoms with Crippen LogP contribution in [0.5, 0.6) is 0 Å². The summed E-state index contributed by atoms with van der Waals surface area (Å²) in [5, 5.41) is 3.11. The molecule has 6 nitrogen and oxygen atoms in total. The van der Waals surface area contributed by atoms with Crippen LogP contribution in [0.15, 0.2) is 47.4 Å². The van der Waals surface area contributed by atoms with E-state index in [2.05, 4.69) is 22.3 Å². The smallest absolute Gasteiger partial charge is 0.253 e. The fourth-order valence-electron chi connectivity index (χ4n) is 4.51. The van der Waals surface area contributed by atoms with Crippen LogP contribution >= 0.6 is 11.6 Å². The molecule has 0 aliphatic carbocycles. The number of nitrogens with zero attached hydrogens (tertiary/aromatic N) is 2. The maximum absolute atomic E-state index is 13.0. The summed E-state index contributed by atoms with van der Waals surface area (Å²) in [4.78, 5) is 15.4. The maximum atomic E-state index is 13.0. The molecule has 2 fully saturated rings. The van der Waals surface area contributed by atoms with Gasteiger partial charge in [0.25, 0.3) is 5.91 Å². The number of likely N-dealkylation sites (tertiary alicyclic amines) is 1. The highest BCUT2D eigenvalue weighted by atomic mass is 35.5. The first kappa shape index (κ1) is 24.2. The zero-order chi connectivity index (χ0) is 23.3. The molecule has 4 rings (SSSR count). The lowest BCUT2D eigenvalue weighted by Gasteiger charge is -2.26. The fourth-order valence-corrected chi connectivity index (χ4v) is 6.26. The first-order chi connectivity index (χ1) is 15.9. The van der Waals surface area contributed by atoms with Crippen LogP contribution in [-0.4, -0.2) is 49.7 Å². The molecule has 0 unspecified atom stereocenters. The average molecular weight is 490 g/mol. The number of rotatable bonds is 7. The van der Waals surface area contributed by atoms with Gasteiger partial charge in [-0.05, 0) is 68.1 Å². The number of piperidine rings is 2. The number of nitrogens with one attached hydrogen (secondary N) is 1. The van der Waals surface area contributed by atoms with Crippen molar-refractivity contribution in [2.24, 2.45) is 0 Å². The Balaban J connectivity index is 1.38. The van der Waals surface area contributed by atoms with Gasteiger partial charge < -0.3 is 5.32 Å². The van der Waals surface area contributed by atoms with Crippen molar-refractivity contribution in [3.8, 4) is 0 Å². The van der Waals surface area contributed by atoms with Gasteiger partial charge in [-0.15, -0.1) is 0 Å². The summed E-state index contributed by atoms with van der Waals surface area (Å²) in [6, 6.07) is 12.6. The Hall–Kier alpha value is -1.93. The number of carbonyl (C=O) groups is 1. The zero-order valence-electron chi connectivity index (χ0n) is 18.9. The normalized spacial score (nSPS) is 18.2. The third-order valence-corrected chi connectivity index (χ3v) is 8.69. The van der Waals surface area contributed by atoms with Crippen molar-refractivity contribution in [2.75, 3.05) is 26.2 Å². The molecule has 2 aliphatic rings. The molecule has 0 radical (unpaired) electrons. The van der Waals surface area contributed by atoms with E-state index in [9.17, 15) is 13.2 Å². The molecule has 0 saturated carbocycles. The van der Waals surface area contributed by atoms with Gasteiger partial charge in [0.15, 0.2) is 0 Å². The Morgan fingerprint density at radius 1 is 0.848 bits per heavy atom. The molecule has 8 heteroatoms. The monoisotopic (exact) mass is 489 g/mol. The van der Waals surface area contributed by atoms with Crippen LogP contribution in [0.25, 0.3) is 0 Å². The molecule has 0 spiro atoms. The van der Waals surface area contributed by atoms with E-state index < -0.39 is 10.0 Å². The molecule has 33 heavy (non-hydrogen) atoms. The van der Waals surface area contributed by atoms with Crippen LogP contribution in [0.3, 0.4) is 0 Å². The van der Waals surface area contributed by atoms with Gasteiger partial charge in [0.05, 0.1) is 15.5 Å². The van der Waals surface area contributed by atoms with Crippen molar-refractivity contribution in [1.29, 1.82) is 0 Å². The summed E-state index contributed by atoms with van der Waals surface area (Å²) in [7, 11) is -3.63. The highest BCUT2D eigenvalue weighted by Crippen LogP contribution is 2.25. The van der Waals surface area contributed by atoms with Gasteiger partial charge in [0, 0.05) is 26.2 Å². The summed E-state index contributed by atoms with van der Waals surface area (Å²) >= 11 is 6.25. The minimum Gasteiger partial charge on any atom is -0.348 e. The summed E-state index contributed by atoms with van der Waals surface area (Å²) in [5.74, 6) is -0.381. The summed E-state index contributed by atoms with van der Waals surface area (Å²) in [5.41, 5.74) is 2.43. The molecular formula is C25H32ClN3O3S. The van der Waals surface area contributed by atoms with Gasteiger partial charge in [0.1, 0.15) is 0 Å². The highest BCUT2D eigenvalue weighted by Gasteiger charge is 2.27. The molecule has 0 atom stereocenters. The van der Waals surface area contributed by atoms with Crippen molar-refractivity contribution < 1.29 is 13.2 Å². The Kier molecular flexibility index (Phi) is 8.07. The molecule has 2 heterocycles. The van der Waals surface area contributed by atoms with E-state index in [1.165, 1.54) is 47.3 Å². The van der Waals surface area contributed by atoms with E-state index in [-0.39, 0.29) is 21.4 Å². The first-order valence-corrected chi connectivity index (χ1v) is 13.6. The molecule has 2 aromatic carbocycles. The van der Waals surface area contributed by atoms with Crippen LogP contribution in [0.1, 0.15) is 60.0 Å². The molecule has 0 bridgehead atoms. The number of sulfonamides is 1. The number of carbonyl (C=O) groups excluding carboxylic acids is 1. The Morgan fingerprint density at radius 2 is 1.45 bits per heavy atom. The topological polar surface area (TPSA) is 69.7 Å². The van der Waals surface area contributed by atoms with Crippen molar-refractivity contribution in [2.45, 2.75) is 56.5 Å². The quantitative estimate of drug-likeness (QED) is 0.624. The van der Waals surface area contributed by atoms with Crippen LogP contribution in [0.4, 0.5) is 0 Å². The minimum atomic E-state index is -3.63. The van der Waals surface area contributed by atoms with Gasteiger partial charge in [-0.1, -0.05) is 48.7 Å². The molecule has 178 valence electrons. The van der Waals surface area contributed by atoms with E-state index in [1.54, 1.807) is 0 Å². The van der Waals surface area contributed by atoms with Gasteiger partial charge in [-0.25, -0.2) is 8.42 Å². The predicted octanol–water partition coefficient (Wildman–Crippen LogP) is 4.43. The van der Waals surface area contributed by atoms with Crippen molar-refractivity contribution >= 4 is 27.5 Å². The molecule has 2 saturated heterocycles. The molecular weight excluding hydrogens is 458 g/mol. The SMILES string of the molecule is O=C(NCc1ccc(CN2CCCCC2)cc1)c1cc(S(=O)(=O)N2CCCCC2)ccc1Cl. The van der Waals surface area contributed by atoms with Crippen LogP contribution < -0.4 is 5.32 Å². The summed E-state index contributed by atoms with van der Waals surface area (Å²) in [6.07, 6.45) is 6.63. The van der Waals surface area contributed by atoms with Crippen molar-refractivity contribution in [3.05, 3.63) is 64.2 Å². The predicted molar refractivity (Wildman–Crippen MR) is 131 cm³/mol. The maximum Gasteiger partial charge on any atom is 0.253 e. The fraction of sp³-hybridized carbons (Fsp3) is 0.480. The number of hydrogen-bond donors (Lipinski definition) is 1. The molecule has 2 aromatic rings. The van der Waals surface area contributed by atoms with Gasteiger partial charge in [-0.2, -0.15) is 4.31 Å². The Labute approximate surface area is 202 Å². The second-order valence-corrected chi connectivity index (χ2v) is 11.3. The van der Waals surface area contributed by atoms with E-state index in [0.717, 1.165) is 44.5 Å². The van der Waals surface area contributed by atoms with E-state index >= 15 is 0 Å². The molecule has 2 aliphatic heterocycles. The molecule has 1 N–H and O–H groups in total. The Morgan fingerprint density at radius 3 is 2.12 bits per heavy atom. The van der Waals surface area contributed by atoms with Gasteiger partial charge >= 0.3 is 0 Å². The molecule has 0 aromatic heterocycles. The standard InChI is InChI=1S/C25H32ClN3O3S/c26-24-12-11-22(33(31,32)29-15-5-2-6-16-29)17-23(24)25(30)27-18-20-7-9-21(10-8-20)19-28-13-3-1-4-14-28/h7-12,17H,1-6,13-16,18-19H2,(H,27,30). The van der Waals surface area contributed by atoms with Crippen LogP contribution in [0, 0.1) is 0 Å². The number of benzene rings is 2. The third-order valence-electron chi connectivity index (χ3n) is 6.47. The lowest BCUT2D eigenvalue weighted by atomic mass is 10.1. The van der Waals surface area contributed by atoms with Gasteiger partial charge in [-0.3, -0.25) is 9.69 Å². The van der Waals surface area contributed by atoms with Crippen molar-refractivity contribution in [1.82, 2.24) is 14.5 Å². The van der Waals surface area contributed by atoms with Crippen molar-refractivity contribution in [3.63, 3.8) is 0 Å². The lowest BCUT2D eigenvalue weighted by molar-refractivity contribution is 0.0951. The second-order valence-electron chi connectivity index (χ2n) is 8.94. The number of halogens is 1. The van der Waals surface area contributed by atoms with Crippen LogP contribution in [-0.2, 0) is 23.1 Å². The van der Waals surface area contributed by atoms with Gasteiger partial charge in [0.2, 0.25) is 10.0 Å². The third kappa shape index (κ3) is 6.15.